The highest BCUT2D eigenvalue weighted by Crippen LogP contribution is 2.34. The van der Waals surface area contributed by atoms with Gasteiger partial charge < -0.3 is 0 Å². The van der Waals surface area contributed by atoms with Crippen molar-refractivity contribution in [1.82, 2.24) is 5.43 Å². The number of amides is 1. The number of carbonyl (C=O) groups excluding carboxylic acids is 1. The van der Waals surface area contributed by atoms with Gasteiger partial charge in [0.1, 0.15) is 4.88 Å². The van der Waals surface area contributed by atoms with E-state index in [1.165, 1.54) is 11.3 Å². The second-order valence-corrected chi connectivity index (χ2v) is 6.79. The number of carbonyl (C=O) groups is 1. The Hall–Kier alpha value is -2.17. The number of thiophene rings is 1. The molecule has 0 unspecified atom stereocenters. The molecule has 3 rings (SSSR count). The van der Waals surface area contributed by atoms with Crippen molar-refractivity contribution in [1.29, 1.82) is 0 Å². The molecule has 0 bridgehead atoms. The molecule has 2 aromatic carbocycles. The molecule has 1 amide bonds. The average molecular weight is 357 g/mol. The minimum atomic E-state index is -0.272. The second-order valence-electron chi connectivity index (χ2n) is 5.36. The number of hydrazone groups is 1. The molecule has 0 atom stereocenters. The van der Waals surface area contributed by atoms with Crippen LogP contribution < -0.4 is 5.43 Å². The van der Waals surface area contributed by atoms with Crippen molar-refractivity contribution >= 4 is 44.6 Å². The highest BCUT2D eigenvalue weighted by Gasteiger charge is 2.16. The molecule has 0 aliphatic rings. The Balaban J connectivity index is 1.85. The van der Waals surface area contributed by atoms with Crippen molar-refractivity contribution in [3.05, 3.63) is 70.1 Å². The van der Waals surface area contributed by atoms with Gasteiger partial charge in [0.2, 0.25) is 0 Å². The standard InChI is InChI=1S/C19H17ClN2OS/c1-2-8-15(13-9-4-3-5-10-13)21-22-19(23)18-17(20)14-11-6-7-12-16(14)24-18/h3-7,9-12H,2,8H2,1H3,(H,22,23). The van der Waals surface area contributed by atoms with Gasteiger partial charge in [0, 0.05) is 10.1 Å². The molecule has 0 radical (unpaired) electrons. The fourth-order valence-electron chi connectivity index (χ4n) is 2.46. The predicted octanol–water partition coefficient (Wildman–Crippen LogP) is 5.49. The van der Waals surface area contributed by atoms with Crippen molar-refractivity contribution in [2.24, 2.45) is 5.10 Å². The third-order valence-electron chi connectivity index (χ3n) is 3.63. The van der Waals surface area contributed by atoms with Crippen LogP contribution in [0.3, 0.4) is 0 Å². The Morgan fingerprint density at radius 3 is 2.54 bits per heavy atom. The fraction of sp³-hybridized carbons (Fsp3) is 0.158. The predicted molar refractivity (Wildman–Crippen MR) is 102 cm³/mol. The summed E-state index contributed by atoms with van der Waals surface area (Å²) in [6.07, 6.45) is 1.75. The third kappa shape index (κ3) is 3.50. The van der Waals surface area contributed by atoms with Crippen molar-refractivity contribution in [3.63, 3.8) is 0 Å². The van der Waals surface area contributed by atoms with Gasteiger partial charge in [-0.25, -0.2) is 5.43 Å². The van der Waals surface area contributed by atoms with Crippen LogP contribution in [0.2, 0.25) is 5.02 Å². The zero-order valence-electron chi connectivity index (χ0n) is 13.3. The molecule has 1 N–H and O–H groups in total. The van der Waals surface area contributed by atoms with E-state index < -0.39 is 0 Å². The van der Waals surface area contributed by atoms with Gasteiger partial charge in [-0.3, -0.25) is 4.79 Å². The summed E-state index contributed by atoms with van der Waals surface area (Å²) < 4.78 is 0.994. The summed E-state index contributed by atoms with van der Waals surface area (Å²) in [5, 5.41) is 5.72. The first-order valence-corrected chi connectivity index (χ1v) is 8.99. The zero-order valence-corrected chi connectivity index (χ0v) is 14.8. The highest BCUT2D eigenvalue weighted by molar-refractivity contribution is 7.21. The van der Waals surface area contributed by atoms with E-state index in [0.29, 0.717) is 9.90 Å². The summed E-state index contributed by atoms with van der Waals surface area (Å²) in [5.74, 6) is -0.272. The molecule has 0 fully saturated rings. The maximum atomic E-state index is 12.5. The minimum absolute atomic E-state index is 0.272. The van der Waals surface area contributed by atoms with Gasteiger partial charge in [0.05, 0.1) is 10.7 Å². The molecular formula is C19H17ClN2OS. The first kappa shape index (κ1) is 16.7. The van der Waals surface area contributed by atoms with Gasteiger partial charge in [0.25, 0.3) is 5.91 Å². The van der Waals surface area contributed by atoms with Crippen LogP contribution in [0.15, 0.2) is 59.7 Å². The van der Waals surface area contributed by atoms with E-state index in [9.17, 15) is 4.79 Å². The molecule has 0 saturated carbocycles. The fourth-order valence-corrected chi connectivity index (χ4v) is 3.87. The summed E-state index contributed by atoms with van der Waals surface area (Å²) in [6, 6.07) is 17.6. The van der Waals surface area contributed by atoms with E-state index in [4.69, 9.17) is 11.6 Å². The molecular weight excluding hydrogens is 340 g/mol. The van der Waals surface area contributed by atoms with E-state index in [1.54, 1.807) is 0 Å². The number of halogens is 1. The Bertz CT molecular complexity index is 887. The maximum Gasteiger partial charge on any atom is 0.283 e. The SMILES string of the molecule is CCCC(=NNC(=O)c1sc2ccccc2c1Cl)c1ccccc1. The Labute approximate surface area is 150 Å². The smallest absolute Gasteiger partial charge is 0.266 e. The molecule has 0 saturated heterocycles. The monoisotopic (exact) mass is 356 g/mol. The van der Waals surface area contributed by atoms with Gasteiger partial charge in [-0.1, -0.05) is 73.5 Å². The number of nitrogens with zero attached hydrogens (tertiary/aromatic N) is 1. The van der Waals surface area contributed by atoms with Crippen molar-refractivity contribution in [2.75, 3.05) is 0 Å². The van der Waals surface area contributed by atoms with Crippen LogP contribution in [0, 0.1) is 0 Å². The number of nitrogens with one attached hydrogen (secondary N) is 1. The molecule has 1 heterocycles. The largest absolute Gasteiger partial charge is 0.283 e. The Morgan fingerprint density at radius 1 is 1.12 bits per heavy atom. The topological polar surface area (TPSA) is 41.5 Å². The maximum absolute atomic E-state index is 12.5. The van der Waals surface area contributed by atoms with Crippen LogP contribution >= 0.6 is 22.9 Å². The molecule has 24 heavy (non-hydrogen) atoms. The van der Waals surface area contributed by atoms with Gasteiger partial charge in [-0.15, -0.1) is 11.3 Å². The summed E-state index contributed by atoms with van der Waals surface area (Å²) in [5.41, 5.74) is 4.54. The molecule has 0 spiro atoms. The highest BCUT2D eigenvalue weighted by atomic mass is 35.5. The van der Waals surface area contributed by atoms with E-state index in [0.717, 1.165) is 34.2 Å². The first-order valence-electron chi connectivity index (χ1n) is 7.80. The van der Waals surface area contributed by atoms with Crippen LogP contribution in [0.1, 0.15) is 35.0 Å². The van der Waals surface area contributed by atoms with Crippen LogP contribution in [0.5, 0.6) is 0 Å². The van der Waals surface area contributed by atoms with E-state index >= 15 is 0 Å². The van der Waals surface area contributed by atoms with Crippen LogP contribution in [0.25, 0.3) is 10.1 Å². The molecule has 122 valence electrons. The van der Waals surface area contributed by atoms with Crippen LogP contribution in [0.4, 0.5) is 0 Å². The number of benzene rings is 2. The summed E-state index contributed by atoms with van der Waals surface area (Å²) >= 11 is 7.73. The van der Waals surface area contributed by atoms with Crippen LogP contribution in [-0.4, -0.2) is 11.6 Å². The van der Waals surface area contributed by atoms with Crippen molar-refractivity contribution < 1.29 is 4.79 Å². The number of fused-ring (bicyclic) bond motifs is 1. The summed E-state index contributed by atoms with van der Waals surface area (Å²) in [7, 11) is 0. The van der Waals surface area contributed by atoms with Crippen LogP contribution in [-0.2, 0) is 0 Å². The lowest BCUT2D eigenvalue weighted by Gasteiger charge is -2.06. The average Bonchev–Trinajstić information content (AvgIpc) is 2.96. The third-order valence-corrected chi connectivity index (χ3v) is 5.30. The van der Waals surface area contributed by atoms with Gasteiger partial charge >= 0.3 is 0 Å². The Morgan fingerprint density at radius 2 is 1.83 bits per heavy atom. The first-order chi connectivity index (χ1) is 11.7. The van der Waals surface area contributed by atoms with E-state index in [2.05, 4.69) is 17.5 Å². The second kappa shape index (κ2) is 7.60. The normalized spacial score (nSPS) is 11.7. The minimum Gasteiger partial charge on any atom is -0.266 e. The number of hydrogen-bond acceptors (Lipinski definition) is 3. The molecule has 3 aromatic rings. The Kier molecular flexibility index (Phi) is 5.28. The number of hydrogen-bond donors (Lipinski definition) is 1. The lowest BCUT2D eigenvalue weighted by atomic mass is 10.1. The van der Waals surface area contributed by atoms with Gasteiger partial charge in [-0.2, -0.15) is 5.10 Å². The lowest BCUT2D eigenvalue weighted by Crippen LogP contribution is -2.19. The van der Waals surface area contributed by atoms with E-state index in [-0.39, 0.29) is 5.91 Å². The quantitative estimate of drug-likeness (QED) is 0.476. The molecule has 5 heteroatoms. The summed E-state index contributed by atoms with van der Waals surface area (Å²) in [6.45, 7) is 2.09. The zero-order chi connectivity index (χ0) is 16.9. The lowest BCUT2D eigenvalue weighted by molar-refractivity contribution is 0.0959. The molecule has 0 aliphatic heterocycles. The molecule has 3 nitrogen and oxygen atoms in total. The van der Waals surface area contributed by atoms with Gasteiger partial charge in [0.15, 0.2) is 0 Å². The molecule has 0 aliphatic carbocycles. The van der Waals surface area contributed by atoms with E-state index in [1.807, 2.05) is 54.6 Å². The number of rotatable bonds is 5. The van der Waals surface area contributed by atoms with Gasteiger partial charge in [-0.05, 0) is 18.1 Å². The van der Waals surface area contributed by atoms with Crippen molar-refractivity contribution in [3.8, 4) is 0 Å². The molecule has 1 aromatic heterocycles. The van der Waals surface area contributed by atoms with Crippen molar-refractivity contribution in [2.45, 2.75) is 19.8 Å². The summed E-state index contributed by atoms with van der Waals surface area (Å²) in [4.78, 5) is 13.0.